The normalized spacial score (nSPS) is 18.9. The molecule has 2 aromatic rings. The van der Waals surface area contributed by atoms with E-state index in [2.05, 4.69) is 46.7 Å². The van der Waals surface area contributed by atoms with Crippen molar-refractivity contribution in [3.8, 4) is 0 Å². The SMILES string of the molecule is C=C/C=C(\Nc1nccc2cc(CN3CC[C@@H](O)C3)cnc12)C(C)C. The van der Waals surface area contributed by atoms with Gasteiger partial charge in [0, 0.05) is 43.1 Å². The van der Waals surface area contributed by atoms with Crippen molar-refractivity contribution in [1.82, 2.24) is 14.9 Å². The Morgan fingerprint density at radius 3 is 3.00 bits per heavy atom. The highest BCUT2D eigenvalue weighted by Gasteiger charge is 2.20. The molecule has 3 rings (SSSR count). The third kappa shape index (κ3) is 4.24. The van der Waals surface area contributed by atoms with E-state index in [1.165, 1.54) is 0 Å². The zero-order chi connectivity index (χ0) is 17.8. The van der Waals surface area contributed by atoms with Crippen LogP contribution in [0.3, 0.4) is 0 Å². The quantitative estimate of drug-likeness (QED) is 0.791. The number of aliphatic hydroxyl groups is 1. The van der Waals surface area contributed by atoms with Crippen molar-refractivity contribution in [2.24, 2.45) is 5.92 Å². The van der Waals surface area contributed by atoms with Gasteiger partial charge in [0.1, 0.15) is 5.52 Å². The van der Waals surface area contributed by atoms with Gasteiger partial charge in [-0.25, -0.2) is 4.98 Å². The summed E-state index contributed by atoms with van der Waals surface area (Å²) < 4.78 is 0. The van der Waals surface area contributed by atoms with Gasteiger partial charge < -0.3 is 10.4 Å². The molecule has 132 valence electrons. The molecule has 1 fully saturated rings. The van der Waals surface area contributed by atoms with Gasteiger partial charge in [-0.2, -0.15) is 0 Å². The number of nitrogens with one attached hydrogen (secondary N) is 1. The lowest BCUT2D eigenvalue weighted by molar-refractivity contribution is 0.175. The Hall–Kier alpha value is -2.24. The first-order valence-electron chi connectivity index (χ1n) is 8.80. The molecule has 5 heteroatoms. The number of β-amino-alcohol motifs (C(OH)–C–C–N with tert-alkyl or cyclic N) is 1. The molecule has 5 nitrogen and oxygen atoms in total. The first-order chi connectivity index (χ1) is 12.1. The number of hydrogen-bond donors (Lipinski definition) is 2. The molecule has 25 heavy (non-hydrogen) atoms. The lowest BCUT2D eigenvalue weighted by Gasteiger charge is -2.16. The van der Waals surface area contributed by atoms with Crippen molar-refractivity contribution in [3.63, 3.8) is 0 Å². The third-order valence-corrected chi connectivity index (χ3v) is 4.49. The molecule has 0 bridgehead atoms. The fourth-order valence-electron chi connectivity index (χ4n) is 3.14. The van der Waals surface area contributed by atoms with Gasteiger partial charge in [0.25, 0.3) is 0 Å². The van der Waals surface area contributed by atoms with Crippen LogP contribution in [0.25, 0.3) is 10.9 Å². The van der Waals surface area contributed by atoms with Crippen molar-refractivity contribution < 1.29 is 5.11 Å². The van der Waals surface area contributed by atoms with E-state index >= 15 is 0 Å². The number of anilines is 1. The van der Waals surface area contributed by atoms with Crippen LogP contribution in [-0.2, 0) is 6.54 Å². The van der Waals surface area contributed by atoms with Gasteiger partial charge in [-0.15, -0.1) is 0 Å². The molecule has 1 aliphatic rings. The molecule has 0 amide bonds. The summed E-state index contributed by atoms with van der Waals surface area (Å²) in [5, 5.41) is 14.1. The number of aromatic nitrogens is 2. The average Bonchev–Trinajstić information content (AvgIpc) is 2.99. The largest absolute Gasteiger partial charge is 0.392 e. The van der Waals surface area contributed by atoms with E-state index in [1.54, 1.807) is 6.08 Å². The highest BCUT2D eigenvalue weighted by molar-refractivity contribution is 5.88. The second kappa shape index (κ2) is 7.76. The predicted molar refractivity (Wildman–Crippen MR) is 102 cm³/mol. The lowest BCUT2D eigenvalue weighted by Crippen LogP contribution is -2.21. The van der Waals surface area contributed by atoms with Gasteiger partial charge in [-0.05, 0) is 36.1 Å². The minimum Gasteiger partial charge on any atom is -0.392 e. The van der Waals surface area contributed by atoms with Crippen molar-refractivity contribution in [1.29, 1.82) is 0 Å². The molecule has 0 unspecified atom stereocenters. The van der Waals surface area contributed by atoms with Crippen molar-refractivity contribution in [3.05, 3.63) is 54.5 Å². The van der Waals surface area contributed by atoms with Gasteiger partial charge in [-0.3, -0.25) is 9.88 Å². The Morgan fingerprint density at radius 2 is 2.32 bits per heavy atom. The fraction of sp³-hybridized carbons (Fsp3) is 0.400. The van der Waals surface area contributed by atoms with E-state index in [1.807, 2.05) is 24.5 Å². The monoisotopic (exact) mass is 338 g/mol. The summed E-state index contributed by atoms with van der Waals surface area (Å²) in [5.74, 6) is 1.11. The van der Waals surface area contributed by atoms with Crippen molar-refractivity contribution in [2.75, 3.05) is 18.4 Å². The van der Waals surface area contributed by atoms with Crippen LogP contribution in [0.15, 0.2) is 49.0 Å². The third-order valence-electron chi connectivity index (χ3n) is 4.49. The van der Waals surface area contributed by atoms with Crippen LogP contribution in [-0.4, -0.2) is 39.2 Å². The summed E-state index contributed by atoms with van der Waals surface area (Å²) in [7, 11) is 0. The summed E-state index contributed by atoms with van der Waals surface area (Å²) in [5.41, 5.74) is 3.08. The highest BCUT2D eigenvalue weighted by atomic mass is 16.3. The average molecular weight is 338 g/mol. The number of aliphatic hydroxyl groups excluding tert-OH is 1. The molecule has 1 atom stereocenters. The van der Waals surface area contributed by atoms with E-state index in [0.29, 0.717) is 5.92 Å². The summed E-state index contributed by atoms with van der Waals surface area (Å²) in [4.78, 5) is 11.4. The summed E-state index contributed by atoms with van der Waals surface area (Å²) >= 11 is 0. The van der Waals surface area contributed by atoms with E-state index in [4.69, 9.17) is 0 Å². The van der Waals surface area contributed by atoms with Crippen molar-refractivity contribution in [2.45, 2.75) is 32.9 Å². The molecule has 0 aromatic carbocycles. The van der Waals surface area contributed by atoms with Gasteiger partial charge in [0.15, 0.2) is 5.82 Å². The molecule has 2 N–H and O–H groups in total. The topological polar surface area (TPSA) is 61.3 Å². The second-order valence-corrected chi connectivity index (χ2v) is 6.89. The number of pyridine rings is 2. The van der Waals surface area contributed by atoms with E-state index in [0.717, 1.165) is 54.0 Å². The number of fused-ring (bicyclic) bond motifs is 1. The van der Waals surface area contributed by atoms with E-state index in [9.17, 15) is 5.11 Å². The standard InChI is InChI=1S/C20H26N4O/c1-4-5-18(14(2)3)23-20-19-16(6-8-21-20)10-15(11-22-19)12-24-9-7-17(25)13-24/h4-6,8,10-11,14,17,25H,1,7,9,12-13H2,2-3H3,(H,21,23)/b18-5-/t17-/m1/s1. The number of likely N-dealkylation sites (tertiary alicyclic amines) is 1. The maximum atomic E-state index is 9.67. The Morgan fingerprint density at radius 1 is 1.48 bits per heavy atom. The summed E-state index contributed by atoms with van der Waals surface area (Å²) in [6.45, 7) is 10.5. The van der Waals surface area contributed by atoms with E-state index in [-0.39, 0.29) is 6.10 Å². The van der Waals surface area contributed by atoms with Gasteiger partial charge >= 0.3 is 0 Å². The van der Waals surface area contributed by atoms with Gasteiger partial charge in [-0.1, -0.05) is 26.5 Å². The van der Waals surface area contributed by atoms with Crippen LogP contribution in [0.5, 0.6) is 0 Å². The Balaban J connectivity index is 1.84. The molecular formula is C20H26N4O. The predicted octanol–water partition coefficient (Wildman–Crippen LogP) is 3.33. The van der Waals surface area contributed by atoms with Crippen LogP contribution < -0.4 is 5.32 Å². The number of hydrogen-bond acceptors (Lipinski definition) is 5. The zero-order valence-electron chi connectivity index (χ0n) is 14.9. The smallest absolute Gasteiger partial charge is 0.156 e. The fourth-order valence-corrected chi connectivity index (χ4v) is 3.14. The molecule has 2 aromatic heterocycles. The van der Waals surface area contributed by atoms with Crippen LogP contribution in [0.2, 0.25) is 0 Å². The lowest BCUT2D eigenvalue weighted by atomic mass is 10.1. The van der Waals surface area contributed by atoms with Crippen LogP contribution in [0, 0.1) is 5.92 Å². The van der Waals surface area contributed by atoms with E-state index < -0.39 is 0 Å². The molecule has 0 spiro atoms. The molecule has 3 heterocycles. The molecule has 1 saturated heterocycles. The first-order valence-corrected chi connectivity index (χ1v) is 8.80. The summed E-state index contributed by atoms with van der Waals surface area (Å²) in [6.07, 6.45) is 8.13. The Bertz CT molecular complexity index is 784. The molecule has 1 aliphatic heterocycles. The minimum atomic E-state index is -0.195. The minimum absolute atomic E-state index is 0.195. The molecule has 0 radical (unpaired) electrons. The van der Waals surface area contributed by atoms with Gasteiger partial charge in [0.2, 0.25) is 0 Å². The highest BCUT2D eigenvalue weighted by Crippen LogP contribution is 2.24. The van der Waals surface area contributed by atoms with Crippen molar-refractivity contribution >= 4 is 16.7 Å². The Labute approximate surface area is 149 Å². The molecular weight excluding hydrogens is 312 g/mol. The van der Waals surface area contributed by atoms with Crippen LogP contribution in [0.4, 0.5) is 5.82 Å². The molecule has 0 saturated carbocycles. The number of rotatable bonds is 6. The maximum absolute atomic E-state index is 9.67. The van der Waals surface area contributed by atoms with Crippen LogP contribution >= 0.6 is 0 Å². The Kier molecular flexibility index (Phi) is 5.46. The first kappa shape index (κ1) is 17.6. The summed E-state index contributed by atoms with van der Waals surface area (Å²) in [6, 6.07) is 4.15. The molecule has 0 aliphatic carbocycles. The number of nitrogens with zero attached hydrogens (tertiary/aromatic N) is 3. The van der Waals surface area contributed by atoms with Gasteiger partial charge in [0.05, 0.1) is 6.10 Å². The van der Waals surface area contributed by atoms with Crippen LogP contribution in [0.1, 0.15) is 25.8 Å². The second-order valence-electron chi connectivity index (χ2n) is 6.89. The zero-order valence-corrected chi connectivity index (χ0v) is 14.9. The number of allylic oxidation sites excluding steroid dienone is 3. The maximum Gasteiger partial charge on any atom is 0.156 e.